The molecule has 0 fully saturated rings. The second-order valence-electron chi connectivity index (χ2n) is 5.90. The van der Waals surface area contributed by atoms with Crippen LogP contribution in [0.3, 0.4) is 0 Å². The molecular formula is C18H20N2O3SSe. The Hall–Kier alpha value is -1.79. The topological polar surface area (TPSA) is 92.4 Å². The first-order chi connectivity index (χ1) is 11.8. The summed E-state index contributed by atoms with van der Waals surface area (Å²) >= 11 is -0.152. The summed E-state index contributed by atoms with van der Waals surface area (Å²) < 4.78 is 0.272. The van der Waals surface area contributed by atoms with E-state index in [0.29, 0.717) is 5.56 Å². The summed E-state index contributed by atoms with van der Waals surface area (Å²) in [6.07, 6.45) is 0. The normalized spacial score (nSPS) is 12.4. The molecule has 5 nitrogen and oxygen atoms in total. The maximum atomic E-state index is 12.6. The molecule has 1 atom stereocenters. The minimum absolute atomic E-state index is 0.152. The zero-order chi connectivity index (χ0) is 18.4. The number of carbonyl (C=O) groups is 2. The minimum atomic E-state index is -1.02. The summed E-state index contributed by atoms with van der Waals surface area (Å²) in [6.45, 7) is 3.62. The number of para-hydroxylation sites is 1. The molecule has 0 bridgehead atoms. The molecule has 7 heteroatoms. The fourth-order valence-electron chi connectivity index (χ4n) is 1.95. The first kappa shape index (κ1) is 19.5. The molecule has 0 saturated heterocycles. The molecule has 1 amide bonds. The van der Waals surface area contributed by atoms with Crippen molar-refractivity contribution < 1.29 is 14.7 Å². The van der Waals surface area contributed by atoms with Gasteiger partial charge in [-0.05, 0) is 0 Å². The first-order valence-corrected chi connectivity index (χ1v) is 11.3. The van der Waals surface area contributed by atoms with E-state index in [4.69, 9.17) is 10.8 Å². The monoisotopic (exact) mass is 424 g/mol. The molecule has 0 aliphatic rings. The van der Waals surface area contributed by atoms with Crippen LogP contribution in [0.2, 0.25) is 0 Å². The van der Waals surface area contributed by atoms with Crippen LogP contribution in [0, 0.1) is 0 Å². The zero-order valence-electron chi connectivity index (χ0n) is 13.9. The van der Waals surface area contributed by atoms with E-state index in [1.165, 1.54) is 10.2 Å². The number of hydrogen-bond acceptors (Lipinski definition) is 4. The van der Waals surface area contributed by atoms with Gasteiger partial charge in [-0.2, -0.15) is 0 Å². The van der Waals surface area contributed by atoms with Crippen molar-refractivity contribution in [1.82, 2.24) is 0 Å². The van der Waals surface area contributed by atoms with E-state index >= 15 is 0 Å². The Morgan fingerprint density at radius 1 is 1.12 bits per heavy atom. The van der Waals surface area contributed by atoms with Crippen molar-refractivity contribution in [3.63, 3.8) is 0 Å². The zero-order valence-corrected chi connectivity index (χ0v) is 16.5. The van der Waals surface area contributed by atoms with E-state index in [1.807, 2.05) is 62.4 Å². The Morgan fingerprint density at radius 2 is 1.72 bits per heavy atom. The van der Waals surface area contributed by atoms with Gasteiger partial charge in [-0.25, -0.2) is 0 Å². The van der Waals surface area contributed by atoms with Crippen LogP contribution in [0.15, 0.2) is 54.6 Å². The van der Waals surface area contributed by atoms with E-state index < -0.39 is 16.8 Å². The third kappa shape index (κ3) is 5.34. The predicted molar refractivity (Wildman–Crippen MR) is 104 cm³/mol. The summed E-state index contributed by atoms with van der Waals surface area (Å²) in [4.78, 5) is 23.7. The Morgan fingerprint density at radius 3 is 2.36 bits per heavy atom. The van der Waals surface area contributed by atoms with E-state index in [9.17, 15) is 9.59 Å². The Balaban J connectivity index is 2.12. The first-order valence-electron chi connectivity index (χ1n) is 7.61. The van der Waals surface area contributed by atoms with E-state index in [1.54, 1.807) is 6.07 Å². The SMILES string of the molecule is CC(C)(S[Se]c1ccccc1C(=O)Nc1ccccc1)[C@@H](N)C(=O)O. The summed E-state index contributed by atoms with van der Waals surface area (Å²) in [6, 6.07) is 15.7. The van der Waals surface area contributed by atoms with Crippen LogP contribution in [0.4, 0.5) is 5.69 Å². The van der Waals surface area contributed by atoms with Crippen molar-refractivity contribution in [2.75, 3.05) is 5.32 Å². The maximum absolute atomic E-state index is 12.6. The molecule has 0 saturated carbocycles. The third-order valence-corrected chi connectivity index (χ3v) is 9.58. The molecule has 0 spiro atoms. The van der Waals surface area contributed by atoms with Gasteiger partial charge in [-0.15, -0.1) is 0 Å². The molecule has 2 aromatic carbocycles. The standard InChI is InChI=1S/C18H20N2O3SSe/c1-18(2,15(19)17(22)23)24-25-14-11-7-6-10-13(14)16(21)20-12-8-4-3-5-9-12/h3-11,15H,19H2,1-2H3,(H,20,21)(H,22,23)/t15-/m0/s1. The van der Waals surface area contributed by atoms with Gasteiger partial charge in [0.1, 0.15) is 0 Å². The third-order valence-electron chi connectivity index (χ3n) is 3.52. The molecule has 0 radical (unpaired) electrons. The van der Waals surface area contributed by atoms with Crippen molar-refractivity contribution in [3.8, 4) is 0 Å². The summed E-state index contributed by atoms with van der Waals surface area (Å²) in [5, 5.41) is 12.0. The van der Waals surface area contributed by atoms with Gasteiger partial charge in [0.25, 0.3) is 0 Å². The molecule has 0 aliphatic heterocycles. The van der Waals surface area contributed by atoms with Gasteiger partial charge < -0.3 is 0 Å². The molecule has 2 aromatic rings. The molecular weight excluding hydrogens is 403 g/mol. The van der Waals surface area contributed by atoms with Crippen LogP contribution in [0.1, 0.15) is 24.2 Å². The van der Waals surface area contributed by atoms with Crippen LogP contribution in [0.25, 0.3) is 0 Å². The van der Waals surface area contributed by atoms with Crippen molar-refractivity contribution in [3.05, 3.63) is 60.2 Å². The van der Waals surface area contributed by atoms with Crippen molar-refractivity contribution >= 4 is 46.0 Å². The Kier molecular flexibility index (Phi) is 6.67. The number of carboxylic acid groups (broad SMARTS) is 1. The summed E-state index contributed by atoms with van der Waals surface area (Å²) in [5.74, 6) is -1.20. The number of hydrogen-bond donors (Lipinski definition) is 3. The molecule has 0 aliphatic carbocycles. The van der Waals surface area contributed by atoms with Gasteiger partial charge in [-0.3, -0.25) is 0 Å². The fourth-order valence-corrected chi connectivity index (χ4v) is 6.59. The quantitative estimate of drug-likeness (QED) is 0.594. The van der Waals surface area contributed by atoms with Gasteiger partial charge in [0.05, 0.1) is 0 Å². The molecule has 0 heterocycles. The fraction of sp³-hybridized carbons (Fsp3) is 0.222. The van der Waals surface area contributed by atoms with Crippen LogP contribution in [-0.4, -0.2) is 41.6 Å². The number of anilines is 1. The molecule has 132 valence electrons. The number of nitrogens with two attached hydrogens (primary N) is 1. The molecule has 2 rings (SSSR count). The van der Waals surface area contributed by atoms with Gasteiger partial charge >= 0.3 is 157 Å². The molecule has 25 heavy (non-hydrogen) atoms. The van der Waals surface area contributed by atoms with Gasteiger partial charge in [0.2, 0.25) is 0 Å². The van der Waals surface area contributed by atoms with E-state index in [-0.39, 0.29) is 19.7 Å². The molecule has 0 aromatic heterocycles. The number of rotatable bonds is 7. The van der Waals surface area contributed by atoms with E-state index in [2.05, 4.69) is 5.32 Å². The second-order valence-corrected chi connectivity index (χ2v) is 10.3. The summed E-state index contributed by atoms with van der Waals surface area (Å²) in [5.41, 5.74) is 7.10. The Bertz CT molecular complexity index is 753. The van der Waals surface area contributed by atoms with Crippen molar-refractivity contribution in [2.45, 2.75) is 24.6 Å². The van der Waals surface area contributed by atoms with Gasteiger partial charge in [0.15, 0.2) is 0 Å². The Labute approximate surface area is 156 Å². The number of carboxylic acids is 1. The van der Waals surface area contributed by atoms with E-state index in [0.717, 1.165) is 10.1 Å². The van der Waals surface area contributed by atoms with Crippen LogP contribution >= 0.6 is 10.2 Å². The van der Waals surface area contributed by atoms with Crippen molar-refractivity contribution in [2.24, 2.45) is 5.73 Å². The average Bonchev–Trinajstić information content (AvgIpc) is 2.60. The molecule has 4 N–H and O–H groups in total. The number of carbonyl (C=O) groups excluding carboxylic acids is 1. The number of amides is 1. The van der Waals surface area contributed by atoms with Crippen molar-refractivity contribution in [1.29, 1.82) is 0 Å². The van der Waals surface area contributed by atoms with Crippen LogP contribution in [-0.2, 0) is 4.79 Å². The molecule has 0 unspecified atom stereocenters. The predicted octanol–water partition coefficient (Wildman–Crippen LogP) is 2.11. The van der Waals surface area contributed by atoms with Gasteiger partial charge in [-0.1, -0.05) is 0 Å². The van der Waals surface area contributed by atoms with Gasteiger partial charge in [0, 0.05) is 0 Å². The summed E-state index contributed by atoms with van der Waals surface area (Å²) in [7, 11) is 1.48. The number of benzene rings is 2. The average molecular weight is 423 g/mol. The number of aliphatic carboxylic acids is 1. The van der Waals surface area contributed by atoms with Crippen LogP contribution in [0.5, 0.6) is 0 Å². The van der Waals surface area contributed by atoms with Crippen LogP contribution < -0.4 is 15.5 Å². The second kappa shape index (κ2) is 8.54. The number of nitrogens with one attached hydrogen (secondary N) is 1.